The third-order valence-electron chi connectivity index (χ3n) is 2.68. The number of pyridine rings is 1. The molecule has 1 aromatic heterocycles. The summed E-state index contributed by atoms with van der Waals surface area (Å²) in [5.74, 6) is 0.863. The third kappa shape index (κ3) is 2.74. The van der Waals surface area contributed by atoms with Crippen LogP contribution >= 0.6 is 0 Å². The van der Waals surface area contributed by atoms with E-state index in [0.717, 1.165) is 28.6 Å². The van der Waals surface area contributed by atoms with Gasteiger partial charge in [0.05, 0.1) is 7.11 Å². The number of nitrogens with zero attached hydrogens (tertiary/aromatic N) is 1. The largest absolute Gasteiger partial charge is 0.497 e. The zero-order valence-electron chi connectivity index (χ0n) is 10.5. The molecule has 0 aliphatic heterocycles. The van der Waals surface area contributed by atoms with Crippen LogP contribution in [0.1, 0.15) is 19.5 Å². The lowest BCUT2D eigenvalue weighted by Gasteiger charge is -2.18. The van der Waals surface area contributed by atoms with Gasteiger partial charge in [-0.05, 0) is 43.5 Å². The Bertz CT molecular complexity index is 529. The molecule has 0 unspecified atom stereocenters. The smallest absolute Gasteiger partial charge is 0.119 e. The normalized spacial score (nSPS) is 11.8. The summed E-state index contributed by atoms with van der Waals surface area (Å²) in [6.45, 7) is 4.02. The van der Waals surface area contributed by atoms with E-state index in [0.29, 0.717) is 0 Å². The molecule has 2 N–H and O–H groups in total. The van der Waals surface area contributed by atoms with Gasteiger partial charge in [0.15, 0.2) is 0 Å². The van der Waals surface area contributed by atoms with Gasteiger partial charge in [0.25, 0.3) is 0 Å². The number of rotatable bonds is 3. The minimum Gasteiger partial charge on any atom is -0.497 e. The van der Waals surface area contributed by atoms with E-state index in [4.69, 9.17) is 10.5 Å². The summed E-state index contributed by atoms with van der Waals surface area (Å²) in [6.07, 6.45) is 2.58. The number of hydrogen-bond acceptors (Lipinski definition) is 3. The topological polar surface area (TPSA) is 48.1 Å². The first-order valence-electron chi connectivity index (χ1n) is 5.70. The van der Waals surface area contributed by atoms with Gasteiger partial charge in [-0.3, -0.25) is 4.98 Å². The van der Waals surface area contributed by atoms with Crippen LogP contribution in [-0.4, -0.2) is 17.6 Å². The third-order valence-corrected chi connectivity index (χ3v) is 2.68. The summed E-state index contributed by atoms with van der Waals surface area (Å²) < 4.78 is 5.22. The fourth-order valence-electron chi connectivity index (χ4n) is 1.92. The van der Waals surface area contributed by atoms with E-state index in [1.54, 1.807) is 7.11 Å². The standard InChI is InChI=1S/C14H18N2O/c1-14(2,15)9-13-12-5-4-11(17-3)8-10(12)6-7-16-13/h4-8H,9,15H2,1-3H3. The summed E-state index contributed by atoms with van der Waals surface area (Å²) in [4.78, 5) is 4.43. The minimum absolute atomic E-state index is 0.249. The second kappa shape index (κ2) is 4.34. The number of methoxy groups -OCH3 is 1. The van der Waals surface area contributed by atoms with E-state index < -0.39 is 0 Å². The van der Waals surface area contributed by atoms with Gasteiger partial charge < -0.3 is 10.5 Å². The molecule has 1 heterocycles. The summed E-state index contributed by atoms with van der Waals surface area (Å²) in [5.41, 5.74) is 6.84. The van der Waals surface area contributed by atoms with E-state index >= 15 is 0 Å². The molecule has 0 fully saturated rings. The van der Waals surface area contributed by atoms with Gasteiger partial charge in [0.1, 0.15) is 5.75 Å². The number of hydrogen-bond donors (Lipinski definition) is 1. The van der Waals surface area contributed by atoms with Crippen LogP contribution < -0.4 is 10.5 Å². The molecule has 3 nitrogen and oxygen atoms in total. The Hall–Kier alpha value is -1.61. The van der Waals surface area contributed by atoms with Gasteiger partial charge in [0, 0.05) is 29.2 Å². The first kappa shape index (κ1) is 11.9. The molecule has 0 aliphatic carbocycles. The molecule has 0 bridgehead atoms. The second-order valence-corrected chi connectivity index (χ2v) is 5.01. The molecule has 90 valence electrons. The average molecular weight is 230 g/mol. The molecule has 0 amide bonds. The summed E-state index contributed by atoms with van der Waals surface area (Å²) >= 11 is 0. The number of fused-ring (bicyclic) bond motifs is 1. The van der Waals surface area contributed by atoms with E-state index in [1.807, 2.05) is 44.3 Å². The Balaban J connectivity index is 2.51. The molecule has 17 heavy (non-hydrogen) atoms. The van der Waals surface area contributed by atoms with Gasteiger partial charge in [-0.15, -0.1) is 0 Å². The maximum atomic E-state index is 6.05. The molecular weight excluding hydrogens is 212 g/mol. The van der Waals surface area contributed by atoms with Crippen molar-refractivity contribution in [3.63, 3.8) is 0 Å². The fraction of sp³-hybridized carbons (Fsp3) is 0.357. The van der Waals surface area contributed by atoms with Crippen LogP contribution in [0, 0.1) is 0 Å². The Morgan fingerprint density at radius 2 is 2.06 bits per heavy atom. The summed E-state index contributed by atoms with van der Waals surface area (Å²) in [5, 5.41) is 2.28. The van der Waals surface area contributed by atoms with Crippen LogP contribution in [0.2, 0.25) is 0 Å². The lowest BCUT2D eigenvalue weighted by atomic mass is 9.96. The van der Waals surface area contributed by atoms with Crippen LogP contribution in [0.3, 0.4) is 0 Å². The number of ether oxygens (including phenoxy) is 1. The zero-order chi connectivity index (χ0) is 12.5. The highest BCUT2D eigenvalue weighted by molar-refractivity contribution is 5.85. The van der Waals surface area contributed by atoms with Crippen LogP contribution in [-0.2, 0) is 6.42 Å². The van der Waals surface area contributed by atoms with Crippen molar-refractivity contribution in [1.29, 1.82) is 0 Å². The monoisotopic (exact) mass is 230 g/mol. The van der Waals surface area contributed by atoms with Crippen molar-refractivity contribution < 1.29 is 4.74 Å². The van der Waals surface area contributed by atoms with Gasteiger partial charge in [-0.25, -0.2) is 0 Å². The van der Waals surface area contributed by atoms with E-state index in [-0.39, 0.29) is 5.54 Å². The first-order chi connectivity index (χ1) is 7.99. The van der Waals surface area contributed by atoms with Crippen molar-refractivity contribution in [3.05, 3.63) is 36.2 Å². The van der Waals surface area contributed by atoms with Crippen LogP contribution in [0.15, 0.2) is 30.5 Å². The van der Waals surface area contributed by atoms with Crippen molar-refractivity contribution in [2.24, 2.45) is 5.73 Å². The van der Waals surface area contributed by atoms with Gasteiger partial charge in [-0.1, -0.05) is 0 Å². The van der Waals surface area contributed by atoms with E-state index in [9.17, 15) is 0 Å². The minimum atomic E-state index is -0.249. The van der Waals surface area contributed by atoms with Crippen molar-refractivity contribution in [2.45, 2.75) is 25.8 Å². The van der Waals surface area contributed by atoms with Crippen LogP contribution in [0.4, 0.5) is 0 Å². The number of nitrogens with two attached hydrogens (primary N) is 1. The molecule has 0 radical (unpaired) electrons. The van der Waals surface area contributed by atoms with Gasteiger partial charge in [-0.2, -0.15) is 0 Å². The van der Waals surface area contributed by atoms with Crippen molar-refractivity contribution in [2.75, 3.05) is 7.11 Å². The molecular formula is C14H18N2O. The quantitative estimate of drug-likeness (QED) is 0.881. The summed E-state index contributed by atoms with van der Waals surface area (Å²) in [7, 11) is 1.67. The molecule has 0 saturated carbocycles. The predicted molar refractivity (Wildman–Crippen MR) is 70.3 cm³/mol. The fourth-order valence-corrected chi connectivity index (χ4v) is 1.92. The van der Waals surface area contributed by atoms with Gasteiger partial charge >= 0.3 is 0 Å². The predicted octanol–water partition coefficient (Wildman–Crippen LogP) is 2.52. The molecule has 2 aromatic rings. The molecule has 0 saturated heterocycles. The average Bonchev–Trinajstić information content (AvgIpc) is 2.26. The SMILES string of the molecule is COc1ccc2c(CC(C)(C)N)nccc2c1. The number of aromatic nitrogens is 1. The maximum Gasteiger partial charge on any atom is 0.119 e. The molecule has 0 aliphatic rings. The summed E-state index contributed by atoms with van der Waals surface area (Å²) in [6, 6.07) is 8.01. The number of benzene rings is 1. The Morgan fingerprint density at radius 3 is 2.71 bits per heavy atom. The van der Waals surface area contributed by atoms with Gasteiger partial charge in [0.2, 0.25) is 0 Å². The zero-order valence-corrected chi connectivity index (χ0v) is 10.5. The molecule has 3 heteroatoms. The highest BCUT2D eigenvalue weighted by Gasteiger charge is 2.14. The second-order valence-electron chi connectivity index (χ2n) is 5.01. The molecule has 2 rings (SSSR count). The molecule has 1 aromatic carbocycles. The van der Waals surface area contributed by atoms with E-state index in [2.05, 4.69) is 4.98 Å². The van der Waals surface area contributed by atoms with Crippen molar-refractivity contribution >= 4 is 10.8 Å². The molecule has 0 spiro atoms. The maximum absolute atomic E-state index is 6.05. The van der Waals surface area contributed by atoms with Crippen LogP contribution in [0.25, 0.3) is 10.8 Å². The lowest BCUT2D eigenvalue weighted by Crippen LogP contribution is -2.34. The Labute approximate surface area is 102 Å². The first-order valence-corrected chi connectivity index (χ1v) is 5.70. The molecule has 0 atom stereocenters. The highest BCUT2D eigenvalue weighted by Crippen LogP contribution is 2.24. The van der Waals surface area contributed by atoms with Crippen LogP contribution in [0.5, 0.6) is 5.75 Å². The van der Waals surface area contributed by atoms with Crippen molar-refractivity contribution in [1.82, 2.24) is 4.98 Å². The van der Waals surface area contributed by atoms with Crippen molar-refractivity contribution in [3.8, 4) is 5.75 Å². The van der Waals surface area contributed by atoms with E-state index in [1.165, 1.54) is 0 Å². The Kier molecular flexibility index (Phi) is 3.03. The highest BCUT2D eigenvalue weighted by atomic mass is 16.5. The Morgan fingerprint density at radius 1 is 1.29 bits per heavy atom. The lowest BCUT2D eigenvalue weighted by molar-refractivity contribution is 0.415.